The van der Waals surface area contributed by atoms with Crippen molar-refractivity contribution in [3.63, 3.8) is 0 Å². The van der Waals surface area contributed by atoms with Crippen molar-refractivity contribution in [3.8, 4) is 0 Å². The van der Waals surface area contributed by atoms with Gasteiger partial charge in [0.05, 0.1) is 0 Å². The molecule has 0 radical (unpaired) electrons. The molecule has 1 aliphatic heterocycles. The minimum Gasteiger partial charge on any atom is -0.398 e. The molecule has 1 unspecified atom stereocenters. The number of hydrogen-bond donors (Lipinski definition) is 1. The first-order valence-electron chi connectivity index (χ1n) is 6.18. The molecule has 16 heavy (non-hydrogen) atoms. The fourth-order valence-electron chi connectivity index (χ4n) is 2.62. The molecule has 0 amide bonds. The molecule has 2 nitrogen and oxygen atoms in total. The standard InChI is InChI=1S/C14H22N2/c1-10(2)7-11(3)16-8-12-5-4-6-14(15)13(12)9-16/h4-6,10-11H,7-9,15H2,1-3H3. The van der Waals surface area contributed by atoms with Crippen molar-refractivity contribution in [1.82, 2.24) is 4.90 Å². The lowest BCUT2D eigenvalue weighted by Crippen LogP contribution is -2.29. The lowest BCUT2D eigenvalue weighted by atomic mass is 10.0. The average Bonchev–Trinajstić information content (AvgIpc) is 2.61. The summed E-state index contributed by atoms with van der Waals surface area (Å²) in [6.07, 6.45) is 1.26. The van der Waals surface area contributed by atoms with Crippen LogP contribution >= 0.6 is 0 Å². The predicted molar refractivity (Wildman–Crippen MR) is 69.0 cm³/mol. The highest BCUT2D eigenvalue weighted by Crippen LogP contribution is 2.30. The Morgan fingerprint density at radius 3 is 2.62 bits per heavy atom. The summed E-state index contributed by atoms with van der Waals surface area (Å²) in [5, 5.41) is 0. The van der Waals surface area contributed by atoms with Gasteiger partial charge in [-0.15, -0.1) is 0 Å². The van der Waals surface area contributed by atoms with E-state index in [0.29, 0.717) is 6.04 Å². The minimum atomic E-state index is 0.645. The van der Waals surface area contributed by atoms with Crippen molar-refractivity contribution < 1.29 is 0 Å². The number of fused-ring (bicyclic) bond motifs is 1. The summed E-state index contributed by atoms with van der Waals surface area (Å²) in [4.78, 5) is 2.53. The molecule has 1 aromatic carbocycles. The Hall–Kier alpha value is -1.02. The molecule has 2 rings (SSSR count). The Balaban J connectivity index is 2.08. The Kier molecular flexibility index (Phi) is 3.20. The predicted octanol–water partition coefficient (Wildman–Crippen LogP) is 3.02. The summed E-state index contributed by atoms with van der Waals surface area (Å²) >= 11 is 0. The van der Waals surface area contributed by atoms with Crippen LogP contribution in [0.25, 0.3) is 0 Å². The fraction of sp³-hybridized carbons (Fsp3) is 0.571. The summed E-state index contributed by atoms with van der Waals surface area (Å²) < 4.78 is 0. The third-order valence-electron chi connectivity index (χ3n) is 3.48. The van der Waals surface area contributed by atoms with E-state index in [2.05, 4.69) is 37.8 Å². The van der Waals surface area contributed by atoms with Crippen LogP contribution < -0.4 is 5.73 Å². The van der Waals surface area contributed by atoms with Gasteiger partial charge in [0, 0.05) is 24.8 Å². The molecule has 0 saturated heterocycles. The second-order valence-corrected chi connectivity index (χ2v) is 5.37. The third kappa shape index (κ3) is 2.22. The van der Waals surface area contributed by atoms with E-state index in [0.717, 1.165) is 24.7 Å². The number of nitrogens with two attached hydrogens (primary N) is 1. The van der Waals surface area contributed by atoms with Crippen molar-refractivity contribution >= 4 is 5.69 Å². The molecule has 2 heteroatoms. The van der Waals surface area contributed by atoms with Gasteiger partial charge in [-0.1, -0.05) is 26.0 Å². The number of nitrogen functional groups attached to an aromatic ring is 1. The van der Waals surface area contributed by atoms with Crippen molar-refractivity contribution in [2.45, 2.75) is 46.3 Å². The number of anilines is 1. The Labute approximate surface area is 98.4 Å². The molecule has 0 saturated carbocycles. The Morgan fingerprint density at radius 2 is 2.00 bits per heavy atom. The summed E-state index contributed by atoms with van der Waals surface area (Å²) in [5.74, 6) is 0.760. The zero-order valence-corrected chi connectivity index (χ0v) is 10.5. The second-order valence-electron chi connectivity index (χ2n) is 5.37. The van der Waals surface area contributed by atoms with E-state index in [-0.39, 0.29) is 0 Å². The van der Waals surface area contributed by atoms with Crippen LogP contribution in [-0.2, 0) is 13.1 Å². The first-order chi connectivity index (χ1) is 7.58. The van der Waals surface area contributed by atoms with E-state index in [1.165, 1.54) is 17.5 Å². The summed E-state index contributed by atoms with van der Waals surface area (Å²) in [7, 11) is 0. The van der Waals surface area contributed by atoms with Crippen LogP contribution in [0.4, 0.5) is 5.69 Å². The monoisotopic (exact) mass is 218 g/mol. The lowest BCUT2D eigenvalue weighted by molar-refractivity contribution is 0.189. The topological polar surface area (TPSA) is 29.3 Å². The molecular weight excluding hydrogens is 196 g/mol. The van der Waals surface area contributed by atoms with E-state index in [1.807, 2.05) is 6.07 Å². The van der Waals surface area contributed by atoms with Crippen molar-refractivity contribution in [1.29, 1.82) is 0 Å². The molecular formula is C14H22N2. The molecule has 0 aliphatic carbocycles. The first kappa shape index (κ1) is 11.5. The molecule has 0 aromatic heterocycles. The zero-order chi connectivity index (χ0) is 11.7. The van der Waals surface area contributed by atoms with Crippen LogP contribution in [0.3, 0.4) is 0 Å². The molecule has 2 N–H and O–H groups in total. The smallest absolute Gasteiger partial charge is 0.0363 e. The fourth-order valence-corrected chi connectivity index (χ4v) is 2.62. The molecule has 1 aliphatic rings. The van der Waals surface area contributed by atoms with Gasteiger partial charge in [0.1, 0.15) is 0 Å². The highest BCUT2D eigenvalue weighted by Gasteiger charge is 2.24. The highest BCUT2D eigenvalue weighted by molar-refractivity contribution is 5.52. The van der Waals surface area contributed by atoms with Gasteiger partial charge in [-0.2, -0.15) is 0 Å². The van der Waals surface area contributed by atoms with E-state index in [9.17, 15) is 0 Å². The van der Waals surface area contributed by atoms with Crippen LogP contribution in [0, 0.1) is 5.92 Å². The lowest BCUT2D eigenvalue weighted by Gasteiger charge is -2.25. The average molecular weight is 218 g/mol. The quantitative estimate of drug-likeness (QED) is 0.790. The number of rotatable bonds is 3. The van der Waals surface area contributed by atoms with Crippen LogP contribution in [0.5, 0.6) is 0 Å². The number of hydrogen-bond acceptors (Lipinski definition) is 2. The highest BCUT2D eigenvalue weighted by atomic mass is 15.2. The Bertz CT molecular complexity index is 371. The Morgan fingerprint density at radius 1 is 1.25 bits per heavy atom. The number of nitrogens with zero attached hydrogens (tertiary/aromatic N) is 1. The molecule has 0 spiro atoms. The van der Waals surface area contributed by atoms with Crippen LogP contribution in [0.2, 0.25) is 0 Å². The largest absolute Gasteiger partial charge is 0.398 e. The van der Waals surface area contributed by atoms with Crippen LogP contribution in [0.15, 0.2) is 18.2 Å². The van der Waals surface area contributed by atoms with Crippen molar-refractivity contribution in [2.24, 2.45) is 5.92 Å². The third-order valence-corrected chi connectivity index (χ3v) is 3.48. The maximum absolute atomic E-state index is 6.01. The van der Waals surface area contributed by atoms with E-state index < -0.39 is 0 Å². The van der Waals surface area contributed by atoms with E-state index >= 15 is 0 Å². The summed E-state index contributed by atoms with van der Waals surface area (Å²) in [5.41, 5.74) is 9.72. The van der Waals surface area contributed by atoms with E-state index in [1.54, 1.807) is 0 Å². The zero-order valence-electron chi connectivity index (χ0n) is 10.5. The van der Waals surface area contributed by atoms with Crippen LogP contribution in [0.1, 0.15) is 38.3 Å². The van der Waals surface area contributed by atoms with Gasteiger partial charge in [-0.05, 0) is 36.5 Å². The molecule has 0 bridgehead atoms. The molecule has 1 atom stereocenters. The van der Waals surface area contributed by atoms with Gasteiger partial charge < -0.3 is 5.73 Å². The number of benzene rings is 1. The molecule has 1 aromatic rings. The second kappa shape index (κ2) is 4.46. The summed E-state index contributed by atoms with van der Waals surface area (Å²) in [6, 6.07) is 6.92. The van der Waals surface area contributed by atoms with E-state index in [4.69, 9.17) is 5.73 Å². The molecule has 1 heterocycles. The maximum atomic E-state index is 6.01. The van der Waals surface area contributed by atoms with Crippen molar-refractivity contribution in [2.75, 3.05) is 5.73 Å². The van der Waals surface area contributed by atoms with Gasteiger partial charge in [0.15, 0.2) is 0 Å². The van der Waals surface area contributed by atoms with Gasteiger partial charge in [0.2, 0.25) is 0 Å². The maximum Gasteiger partial charge on any atom is 0.0363 e. The minimum absolute atomic E-state index is 0.645. The van der Waals surface area contributed by atoms with Gasteiger partial charge in [-0.3, -0.25) is 4.90 Å². The van der Waals surface area contributed by atoms with Gasteiger partial charge in [0.25, 0.3) is 0 Å². The van der Waals surface area contributed by atoms with Gasteiger partial charge in [-0.25, -0.2) is 0 Å². The molecule has 0 fully saturated rings. The van der Waals surface area contributed by atoms with Crippen molar-refractivity contribution in [3.05, 3.63) is 29.3 Å². The first-order valence-corrected chi connectivity index (χ1v) is 6.18. The van der Waals surface area contributed by atoms with Crippen LogP contribution in [-0.4, -0.2) is 10.9 Å². The van der Waals surface area contributed by atoms with Gasteiger partial charge >= 0.3 is 0 Å². The normalized spacial score (nSPS) is 17.8. The summed E-state index contributed by atoms with van der Waals surface area (Å²) in [6.45, 7) is 8.98. The molecule has 88 valence electrons. The SMILES string of the molecule is CC(C)CC(C)N1Cc2cccc(N)c2C1.